The van der Waals surface area contributed by atoms with E-state index in [0.29, 0.717) is 17.9 Å². The van der Waals surface area contributed by atoms with Crippen molar-refractivity contribution >= 4 is 0 Å². The van der Waals surface area contributed by atoms with Gasteiger partial charge in [-0.25, -0.2) is 0 Å². The molecule has 21 heavy (non-hydrogen) atoms. The Balaban J connectivity index is 1.57. The summed E-state index contributed by atoms with van der Waals surface area (Å²) in [6, 6.07) is 0. The lowest BCUT2D eigenvalue weighted by Crippen LogP contribution is -2.43. The van der Waals surface area contributed by atoms with Crippen LogP contribution in [0.4, 0.5) is 0 Å². The Morgan fingerprint density at radius 3 is 2.57 bits per heavy atom. The van der Waals surface area contributed by atoms with E-state index in [2.05, 4.69) is 23.6 Å². The summed E-state index contributed by atoms with van der Waals surface area (Å²) in [5.74, 6) is 0.527. The molecule has 122 valence electrons. The van der Waals surface area contributed by atoms with Crippen LogP contribution >= 0.6 is 0 Å². The van der Waals surface area contributed by atoms with E-state index in [1.54, 1.807) is 0 Å². The molecule has 0 aromatic heterocycles. The maximum absolute atomic E-state index is 9.91. The predicted molar refractivity (Wildman–Crippen MR) is 84.3 cm³/mol. The molecule has 4 heteroatoms. The zero-order chi connectivity index (χ0) is 14.9. The Kier molecular flexibility index (Phi) is 4.60. The summed E-state index contributed by atoms with van der Waals surface area (Å²) in [6.07, 6.45) is 3.76. The number of aliphatic hydroxyl groups excluding tert-OH is 1. The summed E-state index contributed by atoms with van der Waals surface area (Å²) in [6.45, 7) is 13.8. The number of likely N-dealkylation sites (tertiary alicyclic amines) is 2. The monoisotopic (exact) mass is 296 g/mol. The molecule has 0 saturated carbocycles. The van der Waals surface area contributed by atoms with Crippen LogP contribution in [0.25, 0.3) is 0 Å². The third kappa shape index (κ3) is 3.44. The van der Waals surface area contributed by atoms with Crippen molar-refractivity contribution in [2.24, 2.45) is 16.7 Å². The molecule has 0 aromatic rings. The molecule has 0 bridgehead atoms. The van der Waals surface area contributed by atoms with Crippen LogP contribution in [0.2, 0.25) is 0 Å². The molecule has 1 N–H and O–H groups in total. The highest BCUT2D eigenvalue weighted by Crippen LogP contribution is 2.42. The van der Waals surface area contributed by atoms with Gasteiger partial charge in [0.15, 0.2) is 0 Å². The van der Waals surface area contributed by atoms with Crippen LogP contribution in [0.1, 0.15) is 33.1 Å². The second-order valence-electron chi connectivity index (χ2n) is 8.36. The number of hydrogen-bond acceptors (Lipinski definition) is 4. The number of nitrogens with zero attached hydrogens (tertiary/aromatic N) is 2. The van der Waals surface area contributed by atoms with Gasteiger partial charge < -0.3 is 19.6 Å². The average molecular weight is 296 g/mol. The van der Waals surface area contributed by atoms with Gasteiger partial charge in [-0.3, -0.25) is 0 Å². The highest BCUT2D eigenvalue weighted by Gasteiger charge is 2.48. The third-order valence-electron chi connectivity index (χ3n) is 5.76. The highest BCUT2D eigenvalue weighted by atomic mass is 16.5. The fraction of sp³-hybridized carbons (Fsp3) is 1.00. The molecule has 2 atom stereocenters. The standard InChI is InChI=1S/C17H32N2O2/c1-16(2,11-18-6-3-4-7-18)12-19-9-15-10-21-8-5-17(15,13-19)14-20/h15,20H,3-14H2,1-2H3/t15-,17-/m1/s1. The van der Waals surface area contributed by atoms with Crippen molar-refractivity contribution in [2.45, 2.75) is 33.1 Å². The van der Waals surface area contributed by atoms with Crippen LogP contribution in [-0.2, 0) is 4.74 Å². The smallest absolute Gasteiger partial charge is 0.0513 e. The van der Waals surface area contributed by atoms with E-state index < -0.39 is 0 Å². The molecular formula is C17H32N2O2. The fourth-order valence-corrected chi connectivity index (χ4v) is 4.74. The first-order valence-electron chi connectivity index (χ1n) is 8.66. The Morgan fingerprint density at radius 1 is 1.19 bits per heavy atom. The van der Waals surface area contributed by atoms with E-state index in [9.17, 15) is 5.11 Å². The zero-order valence-electron chi connectivity index (χ0n) is 13.8. The minimum Gasteiger partial charge on any atom is -0.396 e. The number of hydrogen-bond donors (Lipinski definition) is 1. The Bertz CT molecular complexity index is 355. The molecule has 3 rings (SSSR count). The molecule has 3 fully saturated rings. The molecule has 3 aliphatic heterocycles. The maximum atomic E-state index is 9.91. The molecule has 0 amide bonds. The Labute approximate surface area is 129 Å². The molecule has 0 spiro atoms. The molecule has 0 radical (unpaired) electrons. The first-order chi connectivity index (χ1) is 10.0. The van der Waals surface area contributed by atoms with Crippen LogP contribution in [0.5, 0.6) is 0 Å². The van der Waals surface area contributed by atoms with Crippen LogP contribution in [0, 0.1) is 16.7 Å². The maximum Gasteiger partial charge on any atom is 0.0513 e. The van der Waals surface area contributed by atoms with E-state index in [1.165, 1.54) is 32.5 Å². The molecule has 0 aliphatic carbocycles. The van der Waals surface area contributed by atoms with Gasteiger partial charge in [0.2, 0.25) is 0 Å². The number of rotatable bonds is 5. The van der Waals surface area contributed by atoms with E-state index in [1.807, 2.05) is 0 Å². The van der Waals surface area contributed by atoms with Crippen LogP contribution in [0.15, 0.2) is 0 Å². The SMILES string of the molecule is CC(C)(CN1CCCC1)CN1C[C@@H]2COCC[C@]2(CO)C1. The predicted octanol–water partition coefficient (Wildman–Crippen LogP) is 1.44. The summed E-state index contributed by atoms with van der Waals surface area (Å²) in [5, 5.41) is 9.91. The van der Waals surface area contributed by atoms with Crippen molar-refractivity contribution in [1.29, 1.82) is 0 Å². The van der Waals surface area contributed by atoms with Gasteiger partial charge in [0.1, 0.15) is 0 Å². The first kappa shape index (κ1) is 15.7. The van der Waals surface area contributed by atoms with Crippen molar-refractivity contribution in [3.8, 4) is 0 Å². The zero-order valence-corrected chi connectivity index (χ0v) is 13.8. The van der Waals surface area contributed by atoms with Crippen molar-refractivity contribution in [2.75, 3.05) is 59.1 Å². The number of aliphatic hydroxyl groups is 1. The molecular weight excluding hydrogens is 264 g/mol. The van der Waals surface area contributed by atoms with Crippen molar-refractivity contribution in [1.82, 2.24) is 9.80 Å². The largest absolute Gasteiger partial charge is 0.396 e. The minimum absolute atomic E-state index is 0.113. The number of fused-ring (bicyclic) bond motifs is 1. The van der Waals surface area contributed by atoms with E-state index in [0.717, 1.165) is 39.3 Å². The molecule has 3 saturated heterocycles. The average Bonchev–Trinajstić information content (AvgIpc) is 3.04. The second kappa shape index (κ2) is 6.15. The summed E-state index contributed by atoms with van der Waals surface area (Å²) >= 11 is 0. The van der Waals surface area contributed by atoms with Gasteiger partial charge in [-0.15, -0.1) is 0 Å². The van der Waals surface area contributed by atoms with Gasteiger partial charge in [-0.2, -0.15) is 0 Å². The third-order valence-corrected chi connectivity index (χ3v) is 5.76. The van der Waals surface area contributed by atoms with Crippen molar-refractivity contribution in [3.05, 3.63) is 0 Å². The molecule has 4 nitrogen and oxygen atoms in total. The highest BCUT2D eigenvalue weighted by molar-refractivity contribution is 4.99. The summed E-state index contributed by atoms with van der Waals surface area (Å²) < 4.78 is 5.65. The van der Waals surface area contributed by atoms with Gasteiger partial charge in [-0.05, 0) is 37.8 Å². The van der Waals surface area contributed by atoms with E-state index in [4.69, 9.17) is 4.74 Å². The van der Waals surface area contributed by atoms with Gasteiger partial charge in [0.05, 0.1) is 13.2 Å². The second-order valence-corrected chi connectivity index (χ2v) is 8.36. The van der Waals surface area contributed by atoms with Crippen LogP contribution in [0.3, 0.4) is 0 Å². The normalized spacial score (nSPS) is 35.3. The summed E-state index contributed by atoms with van der Waals surface area (Å²) in [4.78, 5) is 5.21. The van der Waals surface area contributed by atoms with E-state index >= 15 is 0 Å². The Hall–Kier alpha value is -0.160. The van der Waals surface area contributed by atoms with Gasteiger partial charge in [0, 0.05) is 44.1 Å². The summed E-state index contributed by atoms with van der Waals surface area (Å²) in [5.41, 5.74) is 0.442. The van der Waals surface area contributed by atoms with Crippen LogP contribution in [-0.4, -0.2) is 74.0 Å². The quantitative estimate of drug-likeness (QED) is 0.833. The lowest BCUT2D eigenvalue weighted by Gasteiger charge is -2.37. The topological polar surface area (TPSA) is 35.9 Å². The molecule has 3 heterocycles. The molecule has 3 aliphatic rings. The lowest BCUT2D eigenvalue weighted by molar-refractivity contribution is -0.0418. The van der Waals surface area contributed by atoms with Gasteiger partial charge in [-0.1, -0.05) is 13.8 Å². The number of ether oxygens (including phenoxy) is 1. The van der Waals surface area contributed by atoms with Crippen molar-refractivity contribution in [3.63, 3.8) is 0 Å². The van der Waals surface area contributed by atoms with Crippen molar-refractivity contribution < 1.29 is 9.84 Å². The molecule has 0 aromatic carbocycles. The van der Waals surface area contributed by atoms with E-state index in [-0.39, 0.29) is 5.41 Å². The Morgan fingerprint density at radius 2 is 1.90 bits per heavy atom. The van der Waals surface area contributed by atoms with Gasteiger partial charge >= 0.3 is 0 Å². The molecule has 0 unspecified atom stereocenters. The summed E-state index contributed by atoms with van der Waals surface area (Å²) in [7, 11) is 0. The first-order valence-corrected chi connectivity index (χ1v) is 8.66. The van der Waals surface area contributed by atoms with Crippen LogP contribution < -0.4 is 0 Å². The minimum atomic E-state index is 0.113. The van der Waals surface area contributed by atoms with Gasteiger partial charge in [0.25, 0.3) is 0 Å². The lowest BCUT2D eigenvalue weighted by atomic mass is 9.75. The fourth-order valence-electron chi connectivity index (χ4n) is 4.74.